The number of phosphoric ester groups is 2. The summed E-state index contributed by atoms with van der Waals surface area (Å²) in [4.78, 5) is 73.1. The van der Waals surface area contributed by atoms with E-state index in [-0.39, 0.29) is 25.7 Å². The highest BCUT2D eigenvalue weighted by molar-refractivity contribution is 7.47. The first-order valence-corrected chi connectivity index (χ1v) is 43.8. The number of rotatable bonds is 76. The maximum absolute atomic E-state index is 13.1. The number of allylic oxidation sites excluding steroid dienone is 20. The minimum Gasteiger partial charge on any atom is -0.462 e. The van der Waals surface area contributed by atoms with Gasteiger partial charge in [0, 0.05) is 25.7 Å². The van der Waals surface area contributed by atoms with Crippen molar-refractivity contribution in [2.24, 2.45) is 0 Å². The molecule has 5 atom stereocenters. The first-order valence-electron chi connectivity index (χ1n) is 40.8. The molecule has 0 fully saturated rings. The van der Waals surface area contributed by atoms with E-state index in [1.165, 1.54) is 77.0 Å². The lowest BCUT2D eigenvalue weighted by molar-refractivity contribution is -0.161. The van der Waals surface area contributed by atoms with E-state index >= 15 is 0 Å². The maximum atomic E-state index is 13.1. The van der Waals surface area contributed by atoms with E-state index in [0.29, 0.717) is 32.1 Å². The van der Waals surface area contributed by atoms with Crippen molar-refractivity contribution in [1.29, 1.82) is 0 Å². The topological polar surface area (TPSA) is 237 Å². The summed E-state index contributed by atoms with van der Waals surface area (Å²) in [5.74, 6) is -2.25. The van der Waals surface area contributed by atoms with Crippen molar-refractivity contribution in [2.75, 3.05) is 39.6 Å². The summed E-state index contributed by atoms with van der Waals surface area (Å²) in [6.45, 7) is 4.59. The number of carbonyl (C=O) groups is 4. The second kappa shape index (κ2) is 76.6. The van der Waals surface area contributed by atoms with Crippen LogP contribution in [0.25, 0.3) is 0 Å². The van der Waals surface area contributed by atoms with Gasteiger partial charge in [0.25, 0.3) is 0 Å². The van der Waals surface area contributed by atoms with Crippen molar-refractivity contribution in [3.05, 3.63) is 122 Å². The van der Waals surface area contributed by atoms with Crippen molar-refractivity contribution in [1.82, 2.24) is 0 Å². The summed E-state index contributed by atoms with van der Waals surface area (Å²) in [7, 11) is -9.98. The molecule has 0 saturated carbocycles. The summed E-state index contributed by atoms with van der Waals surface area (Å²) in [5, 5.41) is 10.6. The molecule has 0 rings (SSSR count). The Labute approximate surface area is 632 Å². The van der Waals surface area contributed by atoms with Crippen molar-refractivity contribution in [3.8, 4) is 0 Å². The van der Waals surface area contributed by atoms with Crippen molar-refractivity contribution < 1.29 is 80.2 Å². The molecule has 0 aromatic rings. The lowest BCUT2D eigenvalue weighted by Gasteiger charge is -2.21. The molecular weight excluding hydrogens is 1350 g/mol. The average Bonchev–Trinajstić information content (AvgIpc) is 0.918. The van der Waals surface area contributed by atoms with Gasteiger partial charge in [-0.25, -0.2) is 9.13 Å². The number of hydrogen-bond donors (Lipinski definition) is 3. The Morgan fingerprint density at radius 2 is 0.500 bits per heavy atom. The molecule has 0 aromatic heterocycles. The zero-order valence-electron chi connectivity index (χ0n) is 65.4. The van der Waals surface area contributed by atoms with Crippen LogP contribution in [0.4, 0.5) is 0 Å². The van der Waals surface area contributed by atoms with Crippen molar-refractivity contribution >= 4 is 39.5 Å². The molecule has 0 aliphatic rings. The minimum atomic E-state index is -5.00. The minimum absolute atomic E-state index is 0.0367. The Morgan fingerprint density at radius 1 is 0.279 bits per heavy atom. The quantitative estimate of drug-likeness (QED) is 0.0169. The lowest BCUT2D eigenvalue weighted by atomic mass is 10.1. The summed E-state index contributed by atoms with van der Waals surface area (Å²) in [6, 6.07) is 0. The number of aliphatic hydroxyl groups excluding tert-OH is 1. The number of phosphoric acid groups is 2. The van der Waals surface area contributed by atoms with Crippen LogP contribution in [0, 0.1) is 0 Å². The first-order chi connectivity index (χ1) is 50.7. The molecule has 3 N–H and O–H groups in total. The third-order valence-electron chi connectivity index (χ3n) is 16.9. The number of carbonyl (C=O) groups excluding carboxylic acids is 4. The van der Waals surface area contributed by atoms with Gasteiger partial charge in [-0.15, -0.1) is 0 Å². The fourth-order valence-corrected chi connectivity index (χ4v) is 12.3. The van der Waals surface area contributed by atoms with E-state index in [4.69, 9.17) is 37.0 Å². The SMILES string of the molecule is CC/C=C\C/C=C\C/C=C\C/C=C\CCCCCCCCC(=O)OCC(COP(=O)(O)OCC(O)COP(=O)(O)OCC(COC(=O)CCCCCCC/C=C\CCCCCCCC)OC(=O)CCCCCCC/C=C\CCCCCCCC)OC(=O)CCCC/C=C\C/C=C\C/C=C\C/C=C\CC. The fourth-order valence-electron chi connectivity index (χ4n) is 10.7. The van der Waals surface area contributed by atoms with Gasteiger partial charge in [0.15, 0.2) is 12.2 Å². The molecule has 0 saturated heterocycles. The van der Waals surface area contributed by atoms with Gasteiger partial charge in [0.1, 0.15) is 19.3 Å². The maximum Gasteiger partial charge on any atom is 0.472 e. The van der Waals surface area contributed by atoms with E-state index in [2.05, 4.69) is 149 Å². The van der Waals surface area contributed by atoms with Crippen LogP contribution < -0.4 is 0 Å². The van der Waals surface area contributed by atoms with Crippen LogP contribution in [-0.4, -0.2) is 96.7 Å². The third kappa shape index (κ3) is 75.7. The molecule has 0 amide bonds. The summed E-state index contributed by atoms with van der Waals surface area (Å²) in [6.07, 6.45) is 84.6. The molecule has 0 radical (unpaired) electrons. The van der Waals surface area contributed by atoms with Gasteiger partial charge < -0.3 is 33.8 Å². The molecule has 19 heteroatoms. The highest BCUT2D eigenvalue weighted by atomic mass is 31.2. The molecule has 0 bridgehead atoms. The van der Waals surface area contributed by atoms with E-state index in [1.54, 1.807) is 0 Å². The van der Waals surface area contributed by atoms with Crippen LogP contribution in [0.1, 0.15) is 336 Å². The molecule has 5 unspecified atom stereocenters. The van der Waals surface area contributed by atoms with E-state index in [0.717, 1.165) is 173 Å². The average molecular weight is 1500 g/mol. The highest BCUT2D eigenvalue weighted by Crippen LogP contribution is 2.45. The van der Waals surface area contributed by atoms with Crippen LogP contribution in [0.15, 0.2) is 122 Å². The van der Waals surface area contributed by atoms with E-state index < -0.39 is 97.5 Å². The largest absolute Gasteiger partial charge is 0.472 e. The van der Waals surface area contributed by atoms with Gasteiger partial charge in [-0.2, -0.15) is 0 Å². The molecule has 104 heavy (non-hydrogen) atoms. The van der Waals surface area contributed by atoms with E-state index in [9.17, 15) is 43.2 Å². The van der Waals surface area contributed by atoms with Gasteiger partial charge in [0.2, 0.25) is 0 Å². The molecule has 598 valence electrons. The van der Waals surface area contributed by atoms with Gasteiger partial charge in [-0.05, 0) is 154 Å². The standard InChI is InChI=1S/C85H146O17P2/c1-5-9-13-17-21-25-29-33-37-38-39-40-44-46-50-54-58-62-66-70-83(88)96-76-81(102-85(90)72-68-64-60-56-52-48-43-36-32-28-24-20-16-12-8-4)78-100-104(93,94)98-74-79(86)73-97-103(91,92)99-77-80(101-84(89)71-67-63-59-55-51-47-42-35-31-27-23-19-15-11-7-3)75-95-82(87)69-65-61-57-53-49-45-41-34-30-26-22-18-14-10-6-2/h9,12-13,16,21,24-25,28,33-37,39-43,52,56,79-81,86H,5-8,10-11,14-15,17-20,22-23,26-27,29-32,38,44-51,53-55,57-78H2,1-4H3,(H,91,92)(H,93,94)/b13-9-,16-12-,25-21-,28-24-,37-33-,40-39-,41-34-,42-35-,43-36-,56-52-. The smallest absolute Gasteiger partial charge is 0.462 e. The summed E-state index contributed by atoms with van der Waals surface area (Å²) < 4.78 is 68.6. The Kier molecular flexibility index (Phi) is 73.3. The monoisotopic (exact) mass is 1500 g/mol. The number of ether oxygens (including phenoxy) is 4. The third-order valence-corrected chi connectivity index (χ3v) is 18.8. The van der Waals surface area contributed by atoms with Gasteiger partial charge in [-0.3, -0.25) is 37.3 Å². The van der Waals surface area contributed by atoms with E-state index in [1.807, 2.05) is 0 Å². The molecular formula is C85H146O17P2. The number of aliphatic hydroxyl groups is 1. The number of esters is 4. The number of hydrogen-bond acceptors (Lipinski definition) is 15. The number of unbranched alkanes of at least 4 members (excludes halogenated alkanes) is 30. The molecule has 17 nitrogen and oxygen atoms in total. The molecule has 0 heterocycles. The summed E-state index contributed by atoms with van der Waals surface area (Å²) in [5.41, 5.74) is 0. The lowest BCUT2D eigenvalue weighted by Crippen LogP contribution is -2.30. The fraction of sp³-hybridized carbons (Fsp3) is 0.718. The summed E-state index contributed by atoms with van der Waals surface area (Å²) >= 11 is 0. The van der Waals surface area contributed by atoms with Crippen molar-refractivity contribution in [3.63, 3.8) is 0 Å². The molecule has 0 spiro atoms. The Balaban J connectivity index is 5.41. The van der Waals surface area contributed by atoms with Crippen LogP contribution in [0.2, 0.25) is 0 Å². The van der Waals surface area contributed by atoms with Gasteiger partial charge in [0.05, 0.1) is 26.4 Å². The van der Waals surface area contributed by atoms with Gasteiger partial charge >= 0.3 is 39.5 Å². The zero-order valence-corrected chi connectivity index (χ0v) is 67.2. The Bertz CT molecular complexity index is 2440. The molecule has 0 aliphatic heterocycles. The zero-order chi connectivity index (χ0) is 76.0. The normalized spacial score (nSPS) is 14.5. The molecule has 0 aromatic carbocycles. The van der Waals surface area contributed by atoms with Crippen molar-refractivity contribution in [2.45, 2.75) is 354 Å². The second-order valence-corrected chi connectivity index (χ2v) is 29.8. The predicted octanol–water partition coefficient (Wildman–Crippen LogP) is 23.9. The van der Waals surface area contributed by atoms with Crippen LogP contribution in [-0.2, 0) is 65.4 Å². The highest BCUT2D eigenvalue weighted by Gasteiger charge is 2.30. The van der Waals surface area contributed by atoms with Crippen LogP contribution >= 0.6 is 15.6 Å². The first kappa shape index (κ1) is 99.5. The Morgan fingerprint density at radius 3 is 0.798 bits per heavy atom. The van der Waals surface area contributed by atoms with Gasteiger partial charge in [-0.1, -0.05) is 278 Å². The van der Waals surface area contributed by atoms with Crippen LogP contribution in [0.5, 0.6) is 0 Å². The second-order valence-electron chi connectivity index (χ2n) is 26.9. The Hall–Kier alpha value is -4.54. The molecule has 0 aliphatic carbocycles. The predicted molar refractivity (Wildman–Crippen MR) is 427 cm³/mol. The van der Waals surface area contributed by atoms with Crippen LogP contribution in [0.3, 0.4) is 0 Å².